The van der Waals surface area contributed by atoms with Crippen LogP contribution in [0, 0.1) is 12.3 Å². The summed E-state index contributed by atoms with van der Waals surface area (Å²) in [5, 5.41) is 11.0. The van der Waals surface area contributed by atoms with E-state index >= 15 is 0 Å². The van der Waals surface area contributed by atoms with Crippen molar-refractivity contribution in [2.75, 3.05) is 5.32 Å². The topological polar surface area (TPSA) is 85.2 Å². The molecule has 11 heteroatoms. The molecule has 0 atom stereocenters. The second-order valence-electron chi connectivity index (χ2n) is 10.6. The molecule has 3 aromatic carbocycles. The Morgan fingerprint density at radius 3 is 2.48 bits per heavy atom. The lowest BCUT2D eigenvalue weighted by Gasteiger charge is -2.17. The SMILES string of the molecule is Cc1cc(OC(F)(F)F)ccc1-n1ncc2c(NC(=O)c3cc(CNC(=O)CC(C)(C)C)ccc3Cl)cccc21. The van der Waals surface area contributed by atoms with E-state index in [0.29, 0.717) is 34.3 Å². The van der Waals surface area contributed by atoms with Crippen LogP contribution in [0.4, 0.5) is 18.9 Å². The number of hydrogen-bond donors (Lipinski definition) is 2. The van der Waals surface area contributed by atoms with Crippen LogP contribution in [-0.4, -0.2) is 28.0 Å². The van der Waals surface area contributed by atoms with Gasteiger partial charge in [0.1, 0.15) is 5.75 Å². The summed E-state index contributed by atoms with van der Waals surface area (Å²) < 4.78 is 43.4. The molecule has 4 aromatic rings. The molecule has 0 spiro atoms. The standard InChI is InChI=1S/C29H28ClF3N4O3/c1-17-12-19(40-29(31,32)33)9-11-24(17)37-25-7-5-6-23(21(25)16-35-37)36-27(39)20-13-18(8-10-22(20)30)15-34-26(38)14-28(2,3)4/h5-13,16H,14-15H2,1-4H3,(H,34,38)(H,36,39). The van der Waals surface area contributed by atoms with E-state index in [4.69, 9.17) is 11.6 Å². The second-order valence-corrected chi connectivity index (χ2v) is 11.0. The monoisotopic (exact) mass is 572 g/mol. The lowest BCUT2D eigenvalue weighted by atomic mass is 9.92. The van der Waals surface area contributed by atoms with Crippen molar-refractivity contribution in [2.24, 2.45) is 5.41 Å². The summed E-state index contributed by atoms with van der Waals surface area (Å²) in [6.45, 7) is 7.84. The number of halogens is 4. The summed E-state index contributed by atoms with van der Waals surface area (Å²) in [7, 11) is 0. The Hall–Kier alpha value is -4.05. The molecule has 1 aromatic heterocycles. The number of aryl methyl sites for hydroxylation is 1. The first kappa shape index (κ1) is 28.9. The van der Waals surface area contributed by atoms with Crippen molar-refractivity contribution in [3.8, 4) is 11.4 Å². The fourth-order valence-electron chi connectivity index (χ4n) is 4.21. The zero-order valence-electron chi connectivity index (χ0n) is 22.3. The van der Waals surface area contributed by atoms with Crippen LogP contribution in [-0.2, 0) is 11.3 Å². The number of amides is 2. The van der Waals surface area contributed by atoms with Gasteiger partial charge in [0.15, 0.2) is 0 Å². The van der Waals surface area contributed by atoms with Gasteiger partial charge in [0.05, 0.1) is 33.7 Å². The summed E-state index contributed by atoms with van der Waals surface area (Å²) in [6, 6.07) is 14.2. The largest absolute Gasteiger partial charge is 0.573 e. The molecule has 40 heavy (non-hydrogen) atoms. The minimum Gasteiger partial charge on any atom is -0.406 e. The van der Waals surface area contributed by atoms with Crippen LogP contribution in [0.5, 0.6) is 5.75 Å². The van der Waals surface area contributed by atoms with Crippen LogP contribution in [0.2, 0.25) is 5.02 Å². The highest BCUT2D eigenvalue weighted by Gasteiger charge is 2.31. The number of anilines is 1. The predicted octanol–water partition coefficient (Wildman–Crippen LogP) is 7.19. The maximum atomic E-state index is 13.2. The van der Waals surface area contributed by atoms with E-state index in [1.807, 2.05) is 20.8 Å². The highest BCUT2D eigenvalue weighted by molar-refractivity contribution is 6.34. The van der Waals surface area contributed by atoms with Crippen LogP contribution >= 0.6 is 11.6 Å². The Morgan fingerprint density at radius 2 is 1.80 bits per heavy atom. The lowest BCUT2D eigenvalue weighted by Crippen LogP contribution is -2.27. The Bertz CT molecular complexity index is 1580. The van der Waals surface area contributed by atoms with Gasteiger partial charge in [-0.3, -0.25) is 9.59 Å². The molecule has 210 valence electrons. The fourth-order valence-corrected chi connectivity index (χ4v) is 4.41. The Kier molecular flexibility index (Phi) is 8.11. The van der Waals surface area contributed by atoms with Gasteiger partial charge in [0.2, 0.25) is 5.91 Å². The van der Waals surface area contributed by atoms with Gasteiger partial charge < -0.3 is 15.4 Å². The maximum absolute atomic E-state index is 13.2. The van der Waals surface area contributed by atoms with Crippen LogP contribution in [0.3, 0.4) is 0 Å². The summed E-state index contributed by atoms with van der Waals surface area (Å²) >= 11 is 6.33. The molecule has 0 aliphatic heterocycles. The highest BCUT2D eigenvalue weighted by Crippen LogP contribution is 2.30. The van der Waals surface area contributed by atoms with Gasteiger partial charge in [-0.1, -0.05) is 44.5 Å². The third-order valence-electron chi connectivity index (χ3n) is 5.95. The van der Waals surface area contributed by atoms with Crippen molar-refractivity contribution in [2.45, 2.75) is 47.0 Å². The number of carbonyl (C=O) groups is 2. The van der Waals surface area contributed by atoms with Crippen molar-refractivity contribution >= 4 is 40.0 Å². The zero-order valence-corrected chi connectivity index (χ0v) is 23.1. The number of rotatable bonds is 7. The van der Waals surface area contributed by atoms with Crippen LogP contribution in [0.25, 0.3) is 16.6 Å². The van der Waals surface area contributed by atoms with Crippen molar-refractivity contribution in [3.63, 3.8) is 0 Å². The van der Waals surface area contributed by atoms with E-state index in [1.165, 1.54) is 18.2 Å². The van der Waals surface area contributed by atoms with E-state index in [2.05, 4.69) is 20.5 Å². The second kappa shape index (κ2) is 11.2. The molecule has 0 radical (unpaired) electrons. The minimum atomic E-state index is -4.79. The first-order valence-corrected chi connectivity index (χ1v) is 12.8. The van der Waals surface area contributed by atoms with E-state index in [9.17, 15) is 22.8 Å². The van der Waals surface area contributed by atoms with E-state index in [0.717, 1.165) is 5.56 Å². The number of nitrogens with one attached hydrogen (secondary N) is 2. The normalized spacial score (nSPS) is 11.9. The third kappa shape index (κ3) is 7.12. The molecule has 0 aliphatic rings. The first-order valence-electron chi connectivity index (χ1n) is 12.4. The number of fused-ring (bicyclic) bond motifs is 1. The minimum absolute atomic E-state index is 0.0881. The molecule has 7 nitrogen and oxygen atoms in total. The van der Waals surface area contributed by atoms with E-state index < -0.39 is 12.3 Å². The molecular formula is C29H28ClF3N4O3. The van der Waals surface area contributed by atoms with Gasteiger partial charge >= 0.3 is 6.36 Å². The number of nitrogens with zero attached hydrogens (tertiary/aromatic N) is 2. The molecule has 4 rings (SSSR count). The fraction of sp³-hybridized carbons (Fsp3) is 0.276. The summed E-state index contributed by atoms with van der Waals surface area (Å²) in [4.78, 5) is 25.4. The van der Waals surface area contributed by atoms with Crippen molar-refractivity contribution in [3.05, 3.63) is 82.5 Å². The smallest absolute Gasteiger partial charge is 0.406 e. The molecular weight excluding hydrogens is 545 g/mol. The average Bonchev–Trinajstić information content (AvgIpc) is 3.26. The molecule has 2 N–H and O–H groups in total. The number of ether oxygens (including phenoxy) is 1. The maximum Gasteiger partial charge on any atom is 0.573 e. The van der Waals surface area contributed by atoms with Crippen molar-refractivity contribution in [1.29, 1.82) is 0 Å². The number of benzene rings is 3. The Morgan fingerprint density at radius 1 is 1.05 bits per heavy atom. The molecule has 2 amide bonds. The first-order chi connectivity index (χ1) is 18.7. The zero-order chi connectivity index (χ0) is 29.2. The van der Waals surface area contributed by atoms with Gasteiger partial charge in [-0.15, -0.1) is 13.2 Å². The van der Waals surface area contributed by atoms with Crippen LogP contribution < -0.4 is 15.4 Å². The van der Waals surface area contributed by atoms with Crippen LogP contribution in [0.15, 0.2) is 60.8 Å². The predicted molar refractivity (Wildman–Crippen MR) is 148 cm³/mol. The Labute approximate surface area is 234 Å². The van der Waals surface area contributed by atoms with Crippen molar-refractivity contribution in [1.82, 2.24) is 15.1 Å². The molecule has 0 saturated heterocycles. The lowest BCUT2D eigenvalue weighted by molar-refractivity contribution is -0.274. The summed E-state index contributed by atoms with van der Waals surface area (Å²) in [5.74, 6) is -0.862. The number of carbonyl (C=O) groups excluding carboxylic acids is 2. The van der Waals surface area contributed by atoms with Gasteiger partial charge in [-0.05, 0) is 65.9 Å². The van der Waals surface area contributed by atoms with E-state index in [-0.39, 0.29) is 34.2 Å². The van der Waals surface area contributed by atoms with Crippen molar-refractivity contribution < 1.29 is 27.5 Å². The Balaban J connectivity index is 1.55. The van der Waals surface area contributed by atoms with Crippen LogP contribution in [0.1, 0.15) is 48.7 Å². The quantitative estimate of drug-likeness (QED) is 0.245. The molecule has 1 heterocycles. The molecule has 0 unspecified atom stereocenters. The molecule has 0 bridgehead atoms. The molecule has 0 saturated carbocycles. The number of aromatic nitrogens is 2. The van der Waals surface area contributed by atoms with Gasteiger partial charge in [0, 0.05) is 18.4 Å². The summed E-state index contributed by atoms with van der Waals surface area (Å²) in [5.41, 5.74) is 2.99. The molecule has 0 aliphatic carbocycles. The van der Waals surface area contributed by atoms with Gasteiger partial charge in [-0.25, -0.2) is 4.68 Å². The molecule has 0 fully saturated rings. The summed E-state index contributed by atoms with van der Waals surface area (Å²) in [6.07, 6.45) is -2.86. The number of hydrogen-bond acceptors (Lipinski definition) is 4. The third-order valence-corrected chi connectivity index (χ3v) is 6.28. The highest BCUT2D eigenvalue weighted by atomic mass is 35.5. The van der Waals surface area contributed by atoms with Gasteiger partial charge in [-0.2, -0.15) is 5.10 Å². The van der Waals surface area contributed by atoms with E-state index in [1.54, 1.807) is 54.2 Å². The average molecular weight is 573 g/mol. The number of alkyl halides is 3. The van der Waals surface area contributed by atoms with Gasteiger partial charge in [0.25, 0.3) is 5.91 Å².